The third-order valence-corrected chi connectivity index (χ3v) is 5.54. The molecule has 32 heavy (non-hydrogen) atoms. The highest BCUT2D eigenvalue weighted by molar-refractivity contribution is 6.31. The zero-order valence-corrected chi connectivity index (χ0v) is 18.4. The fraction of sp³-hybridized carbons (Fsp3) is 0.375. The Morgan fingerprint density at radius 3 is 2.50 bits per heavy atom. The van der Waals surface area contributed by atoms with Crippen LogP contribution in [0.15, 0.2) is 54.6 Å². The van der Waals surface area contributed by atoms with Gasteiger partial charge in [-0.2, -0.15) is 5.26 Å². The van der Waals surface area contributed by atoms with Crippen molar-refractivity contribution in [3.8, 4) is 6.07 Å². The summed E-state index contributed by atoms with van der Waals surface area (Å²) < 4.78 is 10.8. The van der Waals surface area contributed by atoms with Crippen molar-refractivity contribution in [2.24, 2.45) is 11.8 Å². The Balaban J connectivity index is 1.42. The van der Waals surface area contributed by atoms with Crippen LogP contribution in [0, 0.1) is 23.2 Å². The van der Waals surface area contributed by atoms with Crippen LogP contribution in [0.2, 0.25) is 5.02 Å². The molecule has 1 saturated carbocycles. The normalized spacial score (nSPS) is 14.6. The van der Waals surface area contributed by atoms with Crippen molar-refractivity contribution < 1.29 is 19.1 Å². The van der Waals surface area contributed by atoms with E-state index >= 15 is 0 Å². The Morgan fingerprint density at radius 2 is 1.81 bits per heavy atom. The van der Waals surface area contributed by atoms with Gasteiger partial charge >= 0.3 is 6.09 Å². The van der Waals surface area contributed by atoms with Crippen molar-refractivity contribution in [1.82, 2.24) is 10.6 Å². The SMILES string of the molecule is N#CC(COCc1ccccc1Cl)NC(=O)C(COC(=O)NCc1ccccc1)C1CC1. The van der Waals surface area contributed by atoms with Crippen molar-refractivity contribution in [3.63, 3.8) is 0 Å². The maximum Gasteiger partial charge on any atom is 0.407 e. The molecule has 2 aromatic carbocycles. The van der Waals surface area contributed by atoms with Gasteiger partial charge in [0.2, 0.25) is 5.91 Å². The summed E-state index contributed by atoms with van der Waals surface area (Å²) in [6.45, 7) is 0.586. The molecule has 0 radical (unpaired) electrons. The molecular formula is C24H26ClN3O4. The average Bonchev–Trinajstić information content (AvgIpc) is 3.64. The Bertz CT molecular complexity index is 944. The summed E-state index contributed by atoms with van der Waals surface area (Å²) in [6, 6.07) is 18.0. The number of carbonyl (C=O) groups excluding carboxylic acids is 2. The molecule has 0 heterocycles. The largest absolute Gasteiger partial charge is 0.449 e. The predicted octanol–water partition coefficient (Wildman–Crippen LogP) is 3.82. The molecule has 2 amide bonds. The lowest BCUT2D eigenvalue weighted by molar-refractivity contribution is -0.127. The number of hydrogen-bond acceptors (Lipinski definition) is 5. The second-order valence-electron chi connectivity index (χ2n) is 7.68. The van der Waals surface area contributed by atoms with Gasteiger partial charge in [-0.3, -0.25) is 4.79 Å². The average molecular weight is 456 g/mol. The monoisotopic (exact) mass is 455 g/mol. The number of ether oxygens (including phenoxy) is 2. The van der Waals surface area contributed by atoms with Gasteiger partial charge in [-0.1, -0.05) is 60.1 Å². The first kappa shape index (κ1) is 23.6. The summed E-state index contributed by atoms with van der Waals surface area (Å²) in [5.41, 5.74) is 1.76. The van der Waals surface area contributed by atoms with Gasteiger partial charge in [0.15, 0.2) is 0 Å². The van der Waals surface area contributed by atoms with Crippen molar-refractivity contribution >= 4 is 23.6 Å². The fourth-order valence-electron chi connectivity index (χ4n) is 3.20. The number of hydrogen-bond donors (Lipinski definition) is 2. The molecular weight excluding hydrogens is 430 g/mol. The second kappa shape index (κ2) is 12.1. The van der Waals surface area contributed by atoms with E-state index in [1.165, 1.54) is 0 Å². The number of rotatable bonds is 11. The highest BCUT2D eigenvalue weighted by atomic mass is 35.5. The Morgan fingerprint density at radius 1 is 1.09 bits per heavy atom. The highest BCUT2D eigenvalue weighted by Crippen LogP contribution is 2.37. The first-order valence-electron chi connectivity index (χ1n) is 10.5. The number of carbonyl (C=O) groups is 2. The number of halogens is 1. The van der Waals surface area contributed by atoms with Crippen LogP contribution in [-0.4, -0.2) is 31.3 Å². The van der Waals surface area contributed by atoms with Crippen molar-refractivity contribution in [1.29, 1.82) is 5.26 Å². The molecule has 0 aliphatic heterocycles. The fourth-order valence-corrected chi connectivity index (χ4v) is 3.39. The van der Waals surface area contributed by atoms with Gasteiger partial charge in [0.05, 0.1) is 25.2 Å². The van der Waals surface area contributed by atoms with Gasteiger partial charge in [-0.25, -0.2) is 4.79 Å². The van der Waals surface area contributed by atoms with Crippen LogP contribution >= 0.6 is 11.6 Å². The van der Waals surface area contributed by atoms with E-state index in [2.05, 4.69) is 10.6 Å². The standard InChI is InChI=1S/C24H26ClN3O4/c25-22-9-5-4-8-19(22)14-31-15-20(12-26)28-23(29)21(18-10-11-18)16-32-24(30)27-13-17-6-2-1-3-7-17/h1-9,18,20-21H,10-11,13-16H2,(H,27,30)(H,28,29). The van der Waals surface area contributed by atoms with Crippen LogP contribution in [-0.2, 0) is 27.4 Å². The molecule has 2 N–H and O–H groups in total. The molecule has 1 fully saturated rings. The zero-order valence-electron chi connectivity index (χ0n) is 17.6. The number of nitriles is 1. The molecule has 7 nitrogen and oxygen atoms in total. The summed E-state index contributed by atoms with van der Waals surface area (Å²) in [5, 5.41) is 15.4. The molecule has 1 aliphatic rings. The lowest BCUT2D eigenvalue weighted by Crippen LogP contribution is -2.43. The minimum atomic E-state index is -0.807. The maximum atomic E-state index is 12.7. The minimum absolute atomic E-state index is 0.0310. The van der Waals surface area contributed by atoms with Gasteiger partial charge in [0.1, 0.15) is 12.6 Å². The van der Waals surface area contributed by atoms with Gasteiger partial charge < -0.3 is 20.1 Å². The Labute approximate surface area is 192 Å². The molecule has 8 heteroatoms. The summed E-state index contributed by atoms with van der Waals surface area (Å²) in [7, 11) is 0. The quantitative estimate of drug-likeness (QED) is 0.536. The van der Waals surface area contributed by atoms with Gasteiger partial charge in [0.25, 0.3) is 0 Å². The molecule has 2 atom stereocenters. The smallest absolute Gasteiger partial charge is 0.407 e. The van der Waals surface area contributed by atoms with E-state index in [0.717, 1.165) is 24.0 Å². The predicted molar refractivity (Wildman–Crippen MR) is 119 cm³/mol. The van der Waals surface area contributed by atoms with Gasteiger partial charge in [-0.15, -0.1) is 0 Å². The van der Waals surface area contributed by atoms with Crippen LogP contribution in [0.25, 0.3) is 0 Å². The summed E-state index contributed by atoms with van der Waals surface area (Å²) in [5.74, 6) is -0.645. The minimum Gasteiger partial charge on any atom is -0.449 e. The molecule has 2 unspecified atom stereocenters. The van der Waals surface area contributed by atoms with E-state index in [9.17, 15) is 14.9 Å². The summed E-state index contributed by atoms with van der Waals surface area (Å²) >= 11 is 6.10. The molecule has 3 rings (SSSR count). The van der Waals surface area contributed by atoms with Crippen LogP contribution in [0.1, 0.15) is 24.0 Å². The van der Waals surface area contributed by atoms with E-state index < -0.39 is 18.1 Å². The van der Waals surface area contributed by atoms with Crippen molar-refractivity contribution in [2.75, 3.05) is 13.2 Å². The summed E-state index contributed by atoms with van der Waals surface area (Å²) in [4.78, 5) is 24.7. The van der Waals surface area contributed by atoms with Gasteiger partial charge in [-0.05, 0) is 36.0 Å². The molecule has 1 aliphatic carbocycles. The maximum absolute atomic E-state index is 12.7. The van der Waals surface area contributed by atoms with E-state index in [0.29, 0.717) is 11.6 Å². The van der Waals surface area contributed by atoms with E-state index in [1.54, 1.807) is 6.07 Å². The highest BCUT2D eigenvalue weighted by Gasteiger charge is 2.37. The van der Waals surface area contributed by atoms with Crippen molar-refractivity contribution in [3.05, 3.63) is 70.7 Å². The van der Waals surface area contributed by atoms with E-state index in [-0.39, 0.29) is 31.6 Å². The van der Waals surface area contributed by atoms with E-state index in [4.69, 9.17) is 21.1 Å². The van der Waals surface area contributed by atoms with Crippen LogP contribution in [0.5, 0.6) is 0 Å². The molecule has 0 aromatic heterocycles. The topological polar surface area (TPSA) is 100 Å². The third kappa shape index (κ3) is 7.56. The number of alkyl carbamates (subject to hydrolysis) is 1. The van der Waals surface area contributed by atoms with E-state index in [1.807, 2.05) is 54.6 Å². The first-order valence-corrected chi connectivity index (χ1v) is 10.9. The molecule has 168 valence electrons. The molecule has 2 aromatic rings. The Kier molecular flexibility index (Phi) is 8.90. The lowest BCUT2D eigenvalue weighted by Gasteiger charge is -2.19. The number of benzene rings is 2. The second-order valence-corrected chi connectivity index (χ2v) is 8.09. The summed E-state index contributed by atoms with van der Waals surface area (Å²) in [6.07, 6.45) is 1.22. The third-order valence-electron chi connectivity index (χ3n) is 5.17. The van der Waals surface area contributed by atoms with Gasteiger partial charge in [0, 0.05) is 11.6 Å². The Hall–Kier alpha value is -3.08. The zero-order chi connectivity index (χ0) is 22.8. The first-order chi connectivity index (χ1) is 15.6. The molecule has 0 saturated heterocycles. The number of nitrogens with one attached hydrogen (secondary N) is 2. The van der Waals surface area contributed by atoms with Crippen LogP contribution < -0.4 is 10.6 Å². The molecule has 0 spiro atoms. The van der Waals surface area contributed by atoms with Crippen LogP contribution in [0.4, 0.5) is 4.79 Å². The lowest BCUT2D eigenvalue weighted by atomic mass is 10.0. The number of amides is 2. The number of nitrogens with zero attached hydrogens (tertiary/aromatic N) is 1. The van der Waals surface area contributed by atoms with Crippen LogP contribution in [0.3, 0.4) is 0 Å². The molecule has 0 bridgehead atoms. The van der Waals surface area contributed by atoms with Crippen molar-refractivity contribution in [2.45, 2.75) is 32.0 Å².